The van der Waals surface area contributed by atoms with Crippen LogP contribution in [0.4, 0.5) is 17.2 Å². The molecule has 1 aromatic heterocycles. The van der Waals surface area contributed by atoms with Crippen molar-refractivity contribution in [1.29, 1.82) is 5.26 Å². The zero-order chi connectivity index (χ0) is 15.4. The number of pyridine rings is 1. The van der Waals surface area contributed by atoms with E-state index in [1.54, 1.807) is 18.2 Å². The molecular formula is C14H12N4O3. The van der Waals surface area contributed by atoms with Crippen molar-refractivity contribution in [2.75, 3.05) is 18.2 Å². The zero-order valence-corrected chi connectivity index (χ0v) is 11.1. The van der Waals surface area contributed by atoms with E-state index in [-0.39, 0.29) is 17.1 Å². The predicted molar refractivity (Wildman–Crippen MR) is 76.6 cm³/mol. The third-order valence-electron chi connectivity index (χ3n) is 2.77. The largest absolute Gasteiger partial charge is 0.495 e. The van der Waals surface area contributed by atoms with Gasteiger partial charge < -0.3 is 20.9 Å². The van der Waals surface area contributed by atoms with E-state index in [1.165, 1.54) is 19.4 Å². The molecule has 106 valence electrons. The number of benzene rings is 1. The minimum absolute atomic E-state index is 0.0152. The first kappa shape index (κ1) is 14.1. The molecule has 0 spiro atoms. The van der Waals surface area contributed by atoms with Crippen LogP contribution in [0.3, 0.4) is 0 Å². The van der Waals surface area contributed by atoms with E-state index in [0.717, 1.165) is 0 Å². The van der Waals surface area contributed by atoms with Crippen LogP contribution in [0.15, 0.2) is 30.5 Å². The minimum atomic E-state index is -1.12. The average Bonchev–Trinajstić information content (AvgIpc) is 2.49. The standard InChI is InChI=1S/C14H12N4O3/c1-21-11-4-2-3-8(6-15)12(11)18-13-10(16)5-9(7-17-13)14(19)20/h2-5,7H,16H2,1H3,(H,17,18)(H,19,20). The first-order valence-corrected chi connectivity index (χ1v) is 5.89. The van der Waals surface area contributed by atoms with Crippen LogP contribution in [0.2, 0.25) is 0 Å². The van der Waals surface area contributed by atoms with E-state index in [2.05, 4.69) is 10.3 Å². The highest BCUT2D eigenvalue weighted by molar-refractivity contribution is 5.90. The summed E-state index contributed by atoms with van der Waals surface area (Å²) < 4.78 is 5.19. The fourth-order valence-corrected chi connectivity index (χ4v) is 1.74. The molecule has 0 unspecified atom stereocenters. The first-order chi connectivity index (χ1) is 10.1. The molecule has 0 saturated heterocycles. The number of aromatic carboxylic acids is 1. The van der Waals surface area contributed by atoms with Gasteiger partial charge in [0.25, 0.3) is 0 Å². The molecule has 0 aliphatic rings. The number of para-hydroxylation sites is 1. The molecule has 1 heterocycles. The van der Waals surface area contributed by atoms with Crippen LogP contribution in [0.5, 0.6) is 5.75 Å². The summed E-state index contributed by atoms with van der Waals surface area (Å²) in [5.74, 6) is -0.408. The molecular weight excluding hydrogens is 272 g/mol. The summed E-state index contributed by atoms with van der Waals surface area (Å²) in [4.78, 5) is 14.8. The number of nitrogens with two attached hydrogens (primary N) is 1. The van der Waals surface area contributed by atoms with Crippen molar-refractivity contribution in [3.63, 3.8) is 0 Å². The summed E-state index contributed by atoms with van der Waals surface area (Å²) in [7, 11) is 1.48. The van der Waals surface area contributed by atoms with Crippen LogP contribution in [0.25, 0.3) is 0 Å². The Morgan fingerprint density at radius 2 is 2.29 bits per heavy atom. The summed E-state index contributed by atoms with van der Waals surface area (Å²) in [6.45, 7) is 0. The number of anilines is 3. The fourth-order valence-electron chi connectivity index (χ4n) is 1.74. The maximum Gasteiger partial charge on any atom is 0.337 e. The Morgan fingerprint density at radius 3 is 2.86 bits per heavy atom. The van der Waals surface area contributed by atoms with Gasteiger partial charge in [0.2, 0.25) is 0 Å². The SMILES string of the molecule is COc1cccc(C#N)c1Nc1ncc(C(=O)O)cc1N. The molecule has 7 heteroatoms. The lowest BCUT2D eigenvalue weighted by Crippen LogP contribution is -2.05. The van der Waals surface area contributed by atoms with Crippen molar-refractivity contribution in [3.8, 4) is 11.8 Å². The van der Waals surface area contributed by atoms with E-state index in [0.29, 0.717) is 17.0 Å². The monoisotopic (exact) mass is 284 g/mol. The Hall–Kier alpha value is -3.27. The predicted octanol–water partition coefficient (Wildman–Crippen LogP) is 1.99. The van der Waals surface area contributed by atoms with E-state index in [9.17, 15) is 4.79 Å². The number of nitrogens with zero attached hydrogens (tertiary/aromatic N) is 2. The quantitative estimate of drug-likeness (QED) is 0.784. The van der Waals surface area contributed by atoms with Crippen molar-refractivity contribution in [3.05, 3.63) is 41.6 Å². The third kappa shape index (κ3) is 2.84. The number of rotatable bonds is 4. The van der Waals surface area contributed by atoms with Gasteiger partial charge in [-0.25, -0.2) is 9.78 Å². The van der Waals surface area contributed by atoms with Crippen LogP contribution in [0.1, 0.15) is 15.9 Å². The van der Waals surface area contributed by atoms with Gasteiger partial charge >= 0.3 is 5.97 Å². The summed E-state index contributed by atoms with van der Waals surface area (Å²) >= 11 is 0. The van der Waals surface area contributed by atoms with Crippen molar-refractivity contribution in [2.45, 2.75) is 0 Å². The second-order valence-electron chi connectivity index (χ2n) is 4.09. The number of aromatic nitrogens is 1. The number of nitrogen functional groups attached to an aromatic ring is 1. The zero-order valence-electron chi connectivity index (χ0n) is 11.1. The van der Waals surface area contributed by atoms with Gasteiger partial charge in [-0.15, -0.1) is 0 Å². The van der Waals surface area contributed by atoms with Crippen molar-refractivity contribution >= 4 is 23.2 Å². The van der Waals surface area contributed by atoms with Crippen LogP contribution in [0, 0.1) is 11.3 Å². The van der Waals surface area contributed by atoms with Gasteiger partial charge in [0.1, 0.15) is 17.5 Å². The highest BCUT2D eigenvalue weighted by Crippen LogP contribution is 2.32. The molecule has 0 radical (unpaired) electrons. The highest BCUT2D eigenvalue weighted by Gasteiger charge is 2.13. The molecule has 2 aromatic rings. The van der Waals surface area contributed by atoms with Gasteiger partial charge in [-0.2, -0.15) is 5.26 Å². The molecule has 0 amide bonds. The Labute approximate surface area is 120 Å². The summed E-state index contributed by atoms with van der Waals surface area (Å²) in [5, 5.41) is 20.9. The Balaban J connectivity index is 2.44. The summed E-state index contributed by atoms with van der Waals surface area (Å²) in [5.41, 5.74) is 6.70. The molecule has 7 nitrogen and oxygen atoms in total. The molecule has 0 fully saturated rings. The first-order valence-electron chi connectivity index (χ1n) is 5.89. The van der Waals surface area contributed by atoms with E-state index in [4.69, 9.17) is 20.8 Å². The lowest BCUT2D eigenvalue weighted by atomic mass is 10.1. The molecule has 0 bridgehead atoms. The van der Waals surface area contributed by atoms with Crippen LogP contribution in [-0.2, 0) is 0 Å². The molecule has 4 N–H and O–H groups in total. The van der Waals surface area contributed by atoms with Gasteiger partial charge in [0.05, 0.1) is 23.9 Å². The number of carboxylic acid groups (broad SMARTS) is 1. The topological polar surface area (TPSA) is 121 Å². The normalized spacial score (nSPS) is 9.71. The van der Waals surface area contributed by atoms with Gasteiger partial charge in [0, 0.05) is 6.20 Å². The molecule has 1 aromatic carbocycles. The molecule has 0 aliphatic heterocycles. The summed E-state index contributed by atoms with van der Waals surface area (Å²) in [6.07, 6.45) is 1.18. The number of carboxylic acids is 1. The number of hydrogen-bond acceptors (Lipinski definition) is 6. The fraction of sp³-hybridized carbons (Fsp3) is 0.0714. The van der Waals surface area contributed by atoms with Gasteiger partial charge in [-0.05, 0) is 18.2 Å². The Morgan fingerprint density at radius 1 is 1.52 bits per heavy atom. The molecule has 0 aliphatic carbocycles. The van der Waals surface area contributed by atoms with Crippen molar-refractivity contribution in [2.24, 2.45) is 0 Å². The van der Waals surface area contributed by atoms with E-state index < -0.39 is 5.97 Å². The summed E-state index contributed by atoms with van der Waals surface area (Å²) in [6, 6.07) is 8.32. The van der Waals surface area contributed by atoms with Crippen LogP contribution >= 0.6 is 0 Å². The Bertz CT molecular complexity index is 737. The van der Waals surface area contributed by atoms with E-state index in [1.807, 2.05) is 6.07 Å². The van der Waals surface area contributed by atoms with Gasteiger partial charge in [-0.3, -0.25) is 0 Å². The third-order valence-corrected chi connectivity index (χ3v) is 2.77. The van der Waals surface area contributed by atoms with Gasteiger partial charge in [0.15, 0.2) is 5.82 Å². The van der Waals surface area contributed by atoms with E-state index >= 15 is 0 Å². The number of methoxy groups -OCH3 is 1. The van der Waals surface area contributed by atoms with Crippen LogP contribution in [-0.4, -0.2) is 23.2 Å². The Kier molecular flexibility index (Phi) is 3.90. The number of carbonyl (C=O) groups is 1. The smallest absolute Gasteiger partial charge is 0.337 e. The van der Waals surface area contributed by atoms with Crippen LogP contribution < -0.4 is 15.8 Å². The lowest BCUT2D eigenvalue weighted by molar-refractivity contribution is 0.0696. The minimum Gasteiger partial charge on any atom is -0.495 e. The molecule has 0 atom stereocenters. The maximum atomic E-state index is 10.8. The second kappa shape index (κ2) is 5.79. The van der Waals surface area contributed by atoms with Crippen molar-refractivity contribution in [1.82, 2.24) is 4.98 Å². The number of ether oxygens (including phenoxy) is 1. The highest BCUT2D eigenvalue weighted by atomic mass is 16.5. The van der Waals surface area contributed by atoms with Crippen molar-refractivity contribution < 1.29 is 14.6 Å². The molecule has 2 rings (SSSR count). The number of hydrogen-bond donors (Lipinski definition) is 3. The number of nitrogens with one attached hydrogen (secondary N) is 1. The maximum absolute atomic E-state index is 10.8. The second-order valence-corrected chi connectivity index (χ2v) is 4.09. The average molecular weight is 284 g/mol. The molecule has 0 saturated carbocycles. The molecule has 21 heavy (non-hydrogen) atoms. The number of nitriles is 1. The van der Waals surface area contributed by atoms with Gasteiger partial charge in [-0.1, -0.05) is 6.07 Å². The lowest BCUT2D eigenvalue weighted by Gasteiger charge is -2.13.